The van der Waals surface area contributed by atoms with E-state index in [-0.39, 0.29) is 19.1 Å². The van der Waals surface area contributed by atoms with Gasteiger partial charge < -0.3 is 10.5 Å². The topological polar surface area (TPSA) is 35.2 Å². The summed E-state index contributed by atoms with van der Waals surface area (Å²) in [4.78, 5) is 0. The predicted octanol–water partition coefficient (Wildman–Crippen LogP) is 3.01. The molecule has 0 aromatic heterocycles. The fourth-order valence-electron chi connectivity index (χ4n) is 2.07. The molecule has 0 bridgehead atoms. The minimum Gasteiger partial charge on any atom is -0.366 e. The average molecular weight is 239 g/mol. The molecule has 1 unspecified atom stereocenters. The summed E-state index contributed by atoms with van der Waals surface area (Å²) in [6.45, 7) is 0.0108. The molecule has 0 aliphatic heterocycles. The molecule has 0 aromatic carbocycles. The first-order valence-corrected chi connectivity index (χ1v) is 5.96. The first kappa shape index (κ1) is 13.8. The average Bonchev–Trinajstić information content (AvgIpc) is 2.44. The van der Waals surface area contributed by atoms with E-state index in [1.807, 2.05) is 0 Å². The van der Waals surface area contributed by atoms with Gasteiger partial charge in [0.15, 0.2) is 6.10 Å². The van der Waals surface area contributed by atoms with E-state index < -0.39 is 12.3 Å². The second kappa shape index (κ2) is 6.45. The number of halogens is 3. The normalized spacial score (nSPS) is 21.8. The zero-order chi connectivity index (χ0) is 12.0. The Balaban J connectivity index is 2.46. The first-order valence-electron chi connectivity index (χ1n) is 5.96. The molecule has 16 heavy (non-hydrogen) atoms. The maximum atomic E-state index is 12.6. The lowest BCUT2D eigenvalue weighted by molar-refractivity contribution is -0.235. The first-order chi connectivity index (χ1) is 7.54. The van der Waals surface area contributed by atoms with Gasteiger partial charge >= 0.3 is 6.18 Å². The maximum Gasteiger partial charge on any atom is 0.414 e. The van der Waals surface area contributed by atoms with Crippen LogP contribution in [0.5, 0.6) is 0 Å². The molecular weight excluding hydrogens is 219 g/mol. The van der Waals surface area contributed by atoms with Crippen molar-refractivity contribution >= 4 is 0 Å². The lowest BCUT2D eigenvalue weighted by Crippen LogP contribution is -2.37. The van der Waals surface area contributed by atoms with Crippen molar-refractivity contribution in [3.63, 3.8) is 0 Å². The predicted molar refractivity (Wildman–Crippen MR) is 56.1 cm³/mol. The van der Waals surface area contributed by atoms with Crippen molar-refractivity contribution in [2.75, 3.05) is 6.54 Å². The maximum absolute atomic E-state index is 12.6. The third-order valence-electron chi connectivity index (χ3n) is 2.95. The second-order valence-corrected chi connectivity index (χ2v) is 4.36. The largest absolute Gasteiger partial charge is 0.414 e. The molecule has 1 aliphatic rings. The summed E-state index contributed by atoms with van der Waals surface area (Å²) in [6, 6.07) is 0. The lowest BCUT2D eigenvalue weighted by Gasteiger charge is -2.25. The van der Waals surface area contributed by atoms with Gasteiger partial charge in [0.25, 0.3) is 0 Å². The Hall–Kier alpha value is -0.290. The van der Waals surface area contributed by atoms with Gasteiger partial charge in [-0.05, 0) is 25.8 Å². The van der Waals surface area contributed by atoms with Gasteiger partial charge in [-0.25, -0.2) is 0 Å². The molecule has 0 heterocycles. The van der Waals surface area contributed by atoms with Crippen LogP contribution in [-0.2, 0) is 4.74 Å². The second-order valence-electron chi connectivity index (χ2n) is 4.36. The summed E-state index contributed by atoms with van der Waals surface area (Å²) in [5, 5.41) is 0. The fraction of sp³-hybridized carbons (Fsp3) is 1.00. The zero-order valence-corrected chi connectivity index (χ0v) is 9.43. The summed E-state index contributed by atoms with van der Waals surface area (Å²) in [7, 11) is 0. The molecule has 1 rings (SSSR count). The van der Waals surface area contributed by atoms with E-state index in [1.165, 1.54) is 0 Å². The summed E-state index contributed by atoms with van der Waals surface area (Å²) >= 11 is 0. The quantitative estimate of drug-likeness (QED) is 0.765. The van der Waals surface area contributed by atoms with Gasteiger partial charge in [0.2, 0.25) is 0 Å². The molecule has 1 aliphatic carbocycles. The number of hydrogen-bond donors (Lipinski definition) is 1. The van der Waals surface area contributed by atoms with Gasteiger partial charge in [-0.3, -0.25) is 0 Å². The molecule has 5 heteroatoms. The molecule has 1 fully saturated rings. The van der Waals surface area contributed by atoms with Crippen molar-refractivity contribution in [3.8, 4) is 0 Å². The Morgan fingerprint density at radius 2 is 1.69 bits per heavy atom. The highest BCUT2D eigenvalue weighted by Gasteiger charge is 2.41. The molecule has 2 nitrogen and oxygen atoms in total. The minimum absolute atomic E-state index is 0.0108. The molecule has 2 N–H and O–H groups in total. The van der Waals surface area contributed by atoms with Gasteiger partial charge in [-0.2, -0.15) is 13.2 Å². The number of hydrogen-bond acceptors (Lipinski definition) is 2. The van der Waals surface area contributed by atoms with Crippen LogP contribution in [0.3, 0.4) is 0 Å². The fourth-order valence-corrected chi connectivity index (χ4v) is 2.07. The summed E-state index contributed by atoms with van der Waals surface area (Å²) in [6.07, 6.45) is -0.697. The standard InChI is InChI=1S/C11H20F3NO/c12-11(13,14)10(7-8-15)16-9-5-3-1-2-4-6-9/h9-10H,1-8,15H2. The Morgan fingerprint density at radius 1 is 1.12 bits per heavy atom. The molecule has 0 saturated heterocycles. The van der Waals surface area contributed by atoms with Gasteiger partial charge in [-0.1, -0.05) is 25.7 Å². The monoisotopic (exact) mass is 239 g/mol. The molecule has 1 atom stereocenters. The highest BCUT2D eigenvalue weighted by molar-refractivity contribution is 4.73. The third kappa shape index (κ3) is 4.70. The lowest BCUT2D eigenvalue weighted by atomic mass is 10.1. The third-order valence-corrected chi connectivity index (χ3v) is 2.95. The van der Waals surface area contributed by atoms with Crippen LogP contribution in [0.1, 0.15) is 44.9 Å². The summed E-state index contributed by atoms with van der Waals surface area (Å²) in [5.41, 5.74) is 5.18. The highest BCUT2D eigenvalue weighted by atomic mass is 19.4. The van der Waals surface area contributed by atoms with E-state index >= 15 is 0 Å². The van der Waals surface area contributed by atoms with Crippen molar-refractivity contribution in [3.05, 3.63) is 0 Å². The van der Waals surface area contributed by atoms with Crippen LogP contribution in [0.4, 0.5) is 13.2 Å². The van der Waals surface area contributed by atoms with E-state index in [9.17, 15) is 13.2 Å². The van der Waals surface area contributed by atoms with E-state index in [2.05, 4.69) is 0 Å². The number of nitrogens with two attached hydrogens (primary N) is 1. The van der Waals surface area contributed by atoms with Crippen LogP contribution in [-0.4, -0.2) is 24.9 Å². The van der Waals surface area contributed by atoms with Crippen LogP contribution in [0.25, 0.3) is 0 Å². The Labute approximate surface area is 94.3 Å². The Morgan fingerprint density at radius 3 is 2.12 bits per heavy atom. The van der Waals surface area contributed by atoms with Crippen LogP contribution in [0.2, 0.25) is 0 Å². The molecule has 96 valence electrons. The molecule has 0 aromatic rings. The number of ether oxygens (including phenoxy) is 1. The molecule has 1 saturated carbocycles. The zero-order valence-electron chi connectivity index (χ0n) is 9.43. The van der Waals surface area contributed by atoms with Gasteiger partial charge in [-0.15, -0.1) is 0 Å². The van der Waals surface area contributed by atoms with Crippen molar-refractivity contribution < 1.29 is 17.9 Å². The SMILES string of the molecule is NCCC(OC1CCCCCC1)C(F)(F)F. The molecule has 0 amide bonds. The van der Waals surface area contributed by atoms with Crippen molar-refractivity contribution in [1.82, 2.24) is 0 Å². The summed E-state index contributed by atoms with van der Waals surface area (Å²) < 4.78 is 42.9. The van der Waals surface area contributed by atoms with E-state index in [4.69, 9.17) is 10.5 Å². The van der Waals surface area contributed by atoms with Crippen molar-refractivity contribution in [2.24, 2.45) is 5.73 Å². The minimum atomic E-state index is -4.29. The van der Waals surface area contributed by atoms with Crippen LogP contribution in [0, 0.1) is 0 Å². The van der Waals surface area contributed by atoms with Gasteiger partial charge in [0.05, 0.1) is 6.10 Å². The van der Waals surface area contributed by atoms with E-state index in [0.717, 1.165) is 38.5 Å². The van der Waals surface area contributed by atoms with E-state index in [1.54, 1.807) is 0 Å². The molecular formula is C11H20F3NO. The highest BCUT2D eigenvalue weighted by Crippen LogP contribution is 2.29. The van der Waals surface area contributed by atoms with Crippen molar-refractivity contribution in [2.45, 2.75) is 63.3 Å². The summed E-state index contributed by atoms with van der Waals surface area (Å²) in [5.74, 6) is 0. The smallest absolute Gasteiger partial charge is 0.366 e. The van der Waals surface area contributed by atoms with Crippen LogP contribution >= 0.6 is 0 Å². The van der Waals surface area contributed by atoms with Gasteiger partial charge in [0, 0.05) is 0 Å². The molecule has 0 spiro atoms. The Kier molecular flexibility index (Phi) is 5.55. The Bertz CT molecular complexity index is 188. The van der Waals surface area contributed by atoms with E-state index in [0.29, 0.717) is 0 Å². The van der Waals surface area contributed by atoms with Crippen molar-refractivity contribution in [1.29, 1.82) is 0 Å². The van der Waals surface area contributed by atoms with Gasteiger partial charge in [0.1, 0.15) is 0 Å². The van der Waals surface area contributed by atoms with Crippen LogP contribution in [0.15, 0.2) is 0 Å². The number of rotatable bonds is 4. The molecule has 0 radical (unpaired) electrons. The number of alkyl halides is 3. The van der Waals surface area contributed by atoms with Crippen LogP contribution < -0.4 is 5.73 Å².